The summed E-state index contributed by atoms with van der Waals surface area (Å²) in [6, 6.07) is 12.4. The first kappa shape index (κ1) is 27.1. The lowest BCUT2D eigenvalue weighted by atomic mass is 9.78. The molecule has 1 saturated heterocycles. The van der Waals surface area contributed by atoms with Gasteiger partial charge in [0.05, 0.1) is 6.04 Å². The van der Waals surface area contributed by atoms with E-state index in [4.69, 9.17) is 0 Å². The van der Waals surface area contributed by atoms with Crippen molar-refractivity contribution in [2.75, 3.05) is 26.2 Å². The van der Waals surface area contributed by atoms with Crippen LogP contribution in [0.1, 0.15) is 63.6 Å². The molecule has 5 nitrogen and oxygen atoms in total. The van der Waals surface area contributed by atoms with Gasteiger partial charge in [-0.2, -0.15) is 0 Å². The molecule has 4 rings (SSSR count). The third-order valence-electron chi connectivity index (χ3n) is 8.25. The number of carbonyl (C=O) groups is 3. The number of hydrogen-bond donors (Lipinski definition) is 0. The van der Waals surface area contributed by atoms with Crippen LogP contribution in [0.4, 0.5) is 8.78 Å². The van der Waals surface area contributed by atoms with E-state index >= 15 is 0 Å². The quantitative estimate of drug-likeness (QED) is 0.459. The van der Waals surface area contributed by atoms with Crippen molar-refractivity contribution in [2.24, 2.45) is 17.3 Å². The Morgan fingerprint density at radius 2 is 1.32 bits per heavy atom. The summed E-state index contributed by atoms with van der Waals surface area (Å²) < 4.78 is 27.2. The number of piperazine rings is 1. The second-order valence-corrected chi connectivity index (χ2v) is 10.9. The van der Waals surface area contributed by atoms with Gasteiger partial charge in [-0.25, -0.2) is 8.78 Å². The first-order valence-electron chi connectivity index (χ1n) is 13.2. The molecule has 0 bridgehead atoms. The monoisotopic (exact) mass is 510 g/mol. The van der Waals surface area contributed by atoms with Gasteiger partial charge >= 0.3 is 0 Å². The Bertz CT molecular complexity index is 1080. The Labute approximate surface area is 217 Å². The van der Waals surface area contributed by atoms with Gasteiger partial charge in [-0.1, -0.05) is 51.5 Å². The predicted molar refractivity (Wildman–Crippen MR) is 138 cm³/mol. The van der Waals surface area contributed by atoms with E-state index in [1.54, 1.807) is 38.1 Å². The van der Waals surface area contributed by atoms with Crippen LogP contribution in [-0.4, -0.2) is 53.5 Å². The van der Waals surface area contributed by atoms with Gasteiger partial charge in [-0.15, -0.1) is 0 Å². The summed E-state index contributed by atoms with van der Waals surface area (Å²) in [6.07, 6.45) is 2.55. The van der Waals surface area contributed by atoms with Crippen LogP contribution < -0.4 is 0 Å². The zero-order chi connectivity index (χ0) is 26.7. The van der Waals surface area contributed by atoms with Gasteiger partial charge in [0.25, 0.3) is 0 Å². The molecular formula is C30H36F2N2O3. The maximum atomic E-state index is 13.6. The van der Waals surface area contributed by atoms with Crippen molar-refractivity contribution < 1.29 is 23.2 Å². The SMILES string of the molecule is CCC(C)(C)C(=O)C(=O)C1CCC[C@H]1C(=O)N1CCN(C(c2ccc(F)cc2)c2ccc(F)cc2)CC1. The van der Waals surface area contributed by atoms with Crippen LogP contribution in [0, 0.1) is 28.9 Å². The van der Waals surface area contributed by atoms with Crippen LogP contribution in [0.15, 0.2) is 48.5 Å². The summed E-state index contributed by atoms with van der Waals surface area (Å²) in [7, 11) is 0. The summed E-state index contributed by atoms with van der Waals surface area (Å²) in [4.78, 5) is 43.4. The minimum atomic E-state index is -0.714. The van der Waals surface area contributed by atoms with E-state index in [9.17, 15) is 23.2 Å². The Kier molecular flexibility index (Phi) is 8.22. The highest BCUT2D eigenvalue weighted by Gasteiger charge is 2.45. The molecule has 0 radical (unpaired) electrons. The largest absolute Gasteiger partial charge is 0.340 e. The van der Waals surface area contributed by atoms with E-state index in [-0.39, 0.29) is 29.4 Å². The van der Waals surface area contributed by atoms with E-state index in [2.05, 4.69) is 4.90 Å². The molecule has 1 aliphatic carbocycles. The van der Waals surface area contributed by atoms with E-state index in [0.717, 1.165) is 17.5 Å². The highest BCUT2D eigenvalue weighted by Crippen LogP contribution is 2.37. The average molecular weight is 511 g/mol. The zero-order valence-electron chi connectivity index (χ0n) is 21.9. The van der Waals surface area contributed by atoms with E-state index in [1.165, 1.54) is 24.3 Å². The second-order valence-electron chi connectivity index (χ2n) is 10.9. The number of amides is 1. The van der Waals surface area contributed by atoms with Crippen molar-refractivity contribution in [1.82, 2.24) is 9.80 Å². The molecule has 2 aliphatic rings. The van der Waals surface area contributed by atoms with Crippen LogP contribution in [0.5, 0.6) is 0 Å². The van der Waals surface area contributed by atoms with Gasteiger partial charge in [0.1, 0.15) is 11.6 Å². The summed E-state index contributed by atoms with van der Waals surface area (Å²) in [6.45, 7) is 7.62. The fourth-order valence-electron chi connectivity index (χ4n) is 5.57. The molecule has 1 amide bonds. The summed E-state index contributed by atoms with van der Waals surface area (Å²) in [5, 5.41) is 0. The molecule has 0 N–H and O–H groups in total. The first-order valence-corrected chi connectivity index (χ1v) is 13.2. The number of nitrogens with zero attached hydrogens (tertiary/aromatic N) is 2. The van der Waals surface area contributed by atoms with Crippen molar-refractivity contribution >= 4 is 17.5 Å². The van der Waals surface area contributed by atoms with E-state index < -0.39 is 23.0 Å². The normalized spacial score (nSPS) is 20.9. The third kappa shape index (κ3) is 5.82. The Hall–Kier alpha value is -2.93. The van der Waals surface area contributed by atoms with Crippen LogP contribution in [0.3, 0.4) is 0 Å². The molecule has 1 unspecified atom stereocenters. The van der Waals surface area contributed by atoms with Gasteiger partial charge < -0.3 is 4.90 Å². The number of carbonyl (C=O) groups excluding carboxylic acids is 3. The number of rotatable bonds is 8. The van der Waals surface area contributed by atoms with Crippen molar-refractivity contribution in [2.45, 2.75) is 52.5 Å². The van der Waals surface area contributed by atoms with Gasteiger partial charge in [0.2, 0.25) is 17.5 Å². The van der Waals surface area contributed by atoms with Crippen LogP contribution in [0.25, 0.3) is 0 Å². The standard InChI is InChI=1S/C30H36F2N2O3/c1-4-30(2,3)28(36)27(35)24-6-5-7-25(24)29(37)34-18-16-33(17-19-34)26(20-8-12-22(31)13-9-20)21-10-14-23(32)15-11-21/h8-15,24-26H,4-7,16-19H2,1-3H3/t24?,25-/m1/s1. The second kappa shape index (κ2) is 11.2. The van der Waals surface area contributed by atoms with Gasteiger partial charge in [-0.3, -0.25) is 19.3 Å². The maximum absolute atomic E-state index is 13.6. The molecule has 2 atom stereocenters. The van der Waals surface area contributed by atoms with Crippen LogP contribution in [-0.2, 0) is 14.4 Å². The van der Waals surface area contributed by atoms with Crippen LogP contribution >= 0.6 is 0 Å². The van der Waals surface area contributed by atoms with Gasteiger partial charge in [0, 0.05) is 43.4 Å². The molecule has 198 valence electrons. The average Bonchev–Trinajstić information content (AvgIpc) is 3.40. The number of Topliss-reactive ketones (excluding diaryl/α,β-unsaturated/α-hetero) is 2. The zero-order valence-corrected chi connectivity index (χ0v) is 21.9. The lowest BCUT2D eigenvalue weighted by Crippen LogP contribution is -2.52. The molecule has 2 fully saturated rings. The summed E-state index contributed by atoms with van der Waals surface area (Å²) in [5.41, 5.74) is 1.08. The third-order valence-corrected chi connectivity index (χ3v) is 8.25. The fraction of sp³-hybridized carbons (Fsp3) is 0.500. The smallest absolute Gasteiger partial charge is 0.226 e. The Balaban J connectivity index is 1.46. The highest BCUT2D eigenvalue weighted by molar-refractivity contribution is 6.40. The lowest BCUT2D eigenvalue weighted by Gasteiger charge is -2.41. The van der Waals surface area contributed by atoms with Crippen molar-refractivity contribution in [3.8, 4) is 0 Å². The topological polar surface area (TPSA) is 57.7 Å². The molecule has 1 aliphatic heterocycles. The van der Waals surface area contributed by atoms with Gasteiger partial charge in [-0.05, 0) is 54.7 Å². The van der Waals surface area contributed by atoms with Gasteiger partial charge in [0.15, 0.2) is 0 Å². The van der Waals surface area contributed by atoms with E-state index in [0.29, 0.717) is 45.4 Å². The molecule has 2 aromatic carbocycles. The Morgan fingerprint density at radius 3 is 1.81 bits per heavy atom. The number of halogens is 2. The molecule has 1 heterocycles. The molecule has 7 heteroatoms. The minimum Gasteiger partial charge on any atom is -0.340 e. The molecule has 2 aromatic rings. The number of hydrogen-bond acceptors (Lipinski definition) is 4. The molecule has 1 saturated carbocycles. The molecule has 0 spiro atoms. The number of ketones is 2. The van der Waals surface area contributed by atoms with Crippen molar-refractivity contribution in [3.05, 3.63) is 71.3 Å². The maximum Gasteiger partial charge on any atom is 0.226 e. The fourth-order valence-corrected chi connectivity index (χ4v) is 5.57. The van der Waals surface area contributed by atoms with Crippen LogP contribution in [0.2, 0.25) is 0 Å². The first-order chi connectivity index (χ1) is 17.6. The minimum absolute atomic E-state index is 0.0438. The van der Waals surface area contributed by atoms with Crippen molar-refractivity contribution in [1.29, 1.82) is 0 Å². The number of benzene rings is 2. The highest BCUT2D eigenvalue weighted by atomic mass is 19.1. The summed E-state index contributed by atoms with van der Waals surface area (Å²) in [5.74, 6) is -2.43. The molecule has 37 heavy (non-hydrogen) atoms. The Morgan fingerprint density at radius 1 is 0.838 bits per heavy atom. The van der Waals surface area contributed by atoms with Crippen molar-refractivity contribution in [3.63, 3.8) is 0 Å². The molecular weight excluding hydrogens is 474 g/mol. The molecule has 0 aromatic heterocycles. The lowest BCUT2D eigenvalue weighted by molar-refractivity contribution is -0.148. The summed E-state index contributed by atoms with van der Waals surface area (Å²) >= 11 is 0. The predicted octanol–water partition coefficient (Wildman–Crippen LogP) is 5.19. The van der Waals surface area contributed by atoms with E-state index in [1.807, 2.05) is 11.8 Å².